The van der Waals surface area contributed by atoms with Gasteiger partial charge in [-0.25, -0.2) is 8.42 Å². The van der Waals surface area contributed by atoms with Gasteiger partial charge in [0.2, 0.25) is 10.0 Å². The van der Waals surface area contributed by atoms with Gasteiger partial charge in [0.25, 0.3) is 5.91 Å². The molecule has 1 saturated heterocycles. The van der Waals surface area contributed by atoms with Crippen LogP contribution < -0.4 is 5.32 Å². The lowest BCUT2D eigenvalue weighted by atomic mass is 10.2. The van der Waals surface area contributed by atoms with E-state index in [1.807, 2.05) is 6.26 Å². The van der Waals surface area contributed by atoms with Crippen LogP contribution in [-0.4, -0.2) is 48.2 Å². The molecule has 1 aliphatic rings. The van der Waals surface area contributed by atoms with Crippen LogP contribution in [0.1, 0.15) is 29.6 Å². The fourth-order valence-corrected chi connectivity index (χ4v) is 4.56. The number of hydrogen-bond donors (Lipinski definition) is 1. The van der Waals surface area contributed by atoms with Crippen molar-refractivity contribution in [3.05, 3.63) is 42.0 Å². The summed E-state index contributed by atoms with van der Waals surface area (Å²) in [6.07, 6.45) is 4.72. The smallest absolute Gasteiger partial charge is 0.256 e. The number of aromatic nitrogens is 2. The minimum atomic E-state index is -3.49. The summed E-state index contributed by atoms with van der Waals surface area (Å²) >= 11 is 1.46. The van der Waals surface area contributed by atoms with Gasteiger partial charge in [-0.05, 0) is 55.5 Å². The summed E-state index contributed by atoms with van der Waals surface area (Å²) in [5.41, 5.74) is 0.360. The average molecular weight is 393 g/mol. The molecule has 138 valence electrons. The predicted molar refractivity (Wildman–Crippen MR) is 101 cm³/mol. The number of benzene rings is 1. The molecule has 0 aliphatic carbocycles. The number of carbonyl (C=O) groups is 1. The lowest BCUT2D eigenvalue weighted by Gasteiger charge is -2.25. The van der Waals surface area contributed by atoms with E-state index in [4.69, 9.17) is 0 Å². The quantitative estimate of drug-likeness (QED) is 0.787. The Morgan fingerprint density at radius 1 is 1.04 bits per heavy atom. The molecular weight excluding hydrogens is 372 g/mol. The fraction of sp³-hybridized carbons (Fsp3) is 0.353. The van der Waals surface area contributed by atoms with E-state index >= 15 is 0 Å². The molecule has 2 heterocycles. The van der Waals surface area contributed by atoms with Crippen LogP contribution in [0.3, 0.4) is 0 Å². The van der Waals surface area contributed by atoms with Crippen molar-refractivity contribution in [2.24, 2.45) is 0 Å². The van der Waals surface area contributed by atoms with Crippen molar-refractivity contribution in [1.29, 1.82) is 0 Å². The largest absolute Gasteiger partial charge is 0.305 e. The highest BCUT2D eigenvalue weighted by atomic mass is 32.2. The Hall–Kier alpha value is -1.97. The first-order chi connectivity index (χ1) is 12.5. The van der Waals surface area contributed by atoms with E-state index in [0.29, 0.717) is 24.5 Å². The molecule has 7 nitrogen and oxygen atoms in total. The van der Waals surface area contributed by atoms with Crippen LogP contribution in [0.5, 0.6) is 0 Å². The Morgan fingerprint density at radius 3 is 2.31 bits per heavy atom. The van der Waals surface area contributed by atoms with Crippen molar-refractivity contribution in [1.82, 2.24) is 14.5 Å². The molecule has 0 spiro atoms. The van der Waals surface area contributed by atoms with E-state index in [2.05, 4.69) is 15.5 Å². The molecule has 1 amide bonds. The summed E-state index contributed by atoms with van der Waals surface area (Å²) in [5.74, 6) is -0.0177. The maximum atomic E-state index is 12.6. The van der Waals surface area contributed by atoms with Crippen molar-refractivity contribution in [2.45, 2.75) is 29.2 Å². The Morgan fingerprint density at radius 2 is 1.73 bits per heavy atom. The van der Waals surface area contributed by atoms with Crippen LogP contribution in [0.25, 0.3) is 0 Å². The first-order valence-corrected chi connectivity index (χ1v) is 11.0. The first kappa shape index (κ1) is 18.8. The molecular formula is C17H20N4O3S2. The zero-order valence-corrected chi connectivity index (χ0v) is 16.0. The van der Waals surface area contributed by atoms with E-state index in [0.717, 1.165) is 24.3 Å². The van der Waals surface area contributed by atoms with E-state index in [9.17, 15) is 13.2 Å². The summed E-state index contributed by atoms with van der Waals surface area (Å²) in [5, 5.41) is 11.3. The molecule has 3 rings (SSSR count). The first-order valence-electron chi connectivity index (χ1n) is 8.30. The molecule has 26 heavy (non-hydrogen) atoms. The number of nitrogens with zero attached hydrogens (tertiary/aromatic N) is 3. The Balaban J connectivity index is 1.70. The number of rotatable bonds is 5. The lowest BCUT2D eigenvalue weighted by Crippen LogP contribution is -2.35. The number of hydrogen-bond acceptors (Lipinski definition) is 6. The number of carbonyl (C=O) groups excluding carboxylic acids is 1. The molecule has 1 fully saturated rings. The van der Waals surface area contributed by atoms with Crippen molar-refractivity contribution < 1.29 is 13.2 Å². The SMILES string of the molecule is CSc1ccc(NC(=O)c2ccc(S(=O)(=O)N3CCCCC3)cc2)nn1. The summed E-state index contributed by atoms with van der Waals surface area (Å²) in [7, 11) is -3.49. The van der Waals surface area contributed by atoms with Crippen LogP contribution in [-0.2, 0) is 10.0 Å². The number of sulfonamides is 1. The maximum absolute atomic E-state index is 12.6. The summed E-state index contributed by atoms with van der Waals surface area (Å²) in [4.78, 5) is 12.5. The molecule has 0 unspecified atom stereocenters. The molecule has 2 aromatic rings. The van der Waals surface area contributed by atoms with Gasteiger partial charge < -0.3 is 5.32 Å². The minimum absolute atomic E-state index is 0.208. The maximum Gasteiger partial charge on any atom is 0.256 e. The van der Waals surface area contributed by atoms with Crippen molar-refractivity contribution >= 4 is 33.5 Å². The van der Waals surface area contributed by atoms with Crippen molar-refractivity contribution in [3.8, 4) is 0 Å². The second-order valence-electron chi connectivity index (χ2n) is 5.90. The van der Waals surface area contributed by atoms with Gasteiger partial charge in [0.05, 0.1) is 4.90 Å². The van der Waals surface area contributed by atoms with Crippen LogP contribution in [0, 0.1) is 0 Å². The number of nitrogens with one attached hydrogen (secondary N) is 1. The summed E-state index contributed by atoms with van der Waals surface area (Å²) < 4.78 is 26.8. The number of thioether (sulfide) groups is 1. The molecule has 1 aromatic heterocycles. The highest BCUT2D eigenvalue weighted by molar-refractivity contribution is 7.98. The van der Waals surface area contributed by atoms with E-state index in [1.165, 1.54) is 40.3 Å². The van der Waals surface area contributed by atoms with Gasteiger partial charge in [0, 0.05) is 18.7 Å². The number of anilines is 1. The van der Waals surface area contributed by atoms with E-state index < -0.39 is 10.0 Å². The Labute approximate surface area is 157 Å². The monoisotopic (exact) mass is 392 g/mol. The minimum Gasteiger partial charge on any atom is -0.305 e. The Bertz CT molecular complexity index is 862. The van der Waals surface area contributed by atoms with Crippen LogP contribution in [0.2, 0.25) is 0 Å². The van der Waals surface area contributed by atoms with Gasteiger partial charge in [-0.15, -0.1) is 22.0 Å². The standard InChI is InChI=1S/C17H20N4O3S2/c1-25-16-10-9-15(19-20-16)18-17(22)13-5-7-14(8-6-13)26(23,24)21-11-3-2-4-12-21/h5-10H,2-4,11-12H2,1H3,(H,18,19,22). The average Bonchev–Trinajstić information content (AvgIpc) is 2.69. The summed E-state index contributed by atoms with van der Waals surface area (Å²) in [6, 6.07) is 9.40. The van der Waals surface area contributed by atoms with Gasteiger partial charge in [-0.3, -0.25) is 4.79 Å². The van der Waals surface area contributed by atoms with E-state index in [-0.39, 0.29) is 10.8 Å². The van der Waals surface area contributed by atoms with Gasteiger partial charge >= 0.3 is 0 Å². The van der Waals surface area contributed by atoms with Gasteiger partial charge in [0.15, 0.2) is 5.82 Å². The predicted octanol–water partition coefficient (Wildman–Crippen LogP) is 2.63. The van der Waals surface area contributed by atoms with Gasteiger partial charge in [-0.1, -0.05) is 6.42 Å². The molecule has 1 N–H and O–H groups in total. The molecule has 0 atom stereocenters. The van der Waals surface area contributed by atoms with Crippen molar-refractivity contribution in [3.63, 3.8) is 0 Å². The molecule has 1 aliphatic heterocycles. The lowest BCUT2D eigenvalue weighted by molar-refractivity contribution is 0.102. The third-order valence-electron chi connectivity index (χ3n) is 4.16. The summed E-state index contributed by atoms with van der Waals surface area (Å²) in [6.45, 7) is 1.10. The van der Waals surface area contributed by atoms with Gasteiger partial charge in [0.1, 0.15) is 5.03 Å². The molecule has 0 saturated carbocycles. The topological polar surface area (TPSA) is 92.3 Å². The van der Waals surface area contributed by atoms with E-state index in [1.54, 1.807) is 12.1 Å². The van der Waals surface area contributed by atoms with Crippen LogP contribution >= 0.6 is 11.8 Å². The second-order valence-corrected chi connectivity index (χ2v) is 8.67. The highest BCUT2D eigenvalue weighted by Crippen LogP contribution is 2.21. The van der Waals surface area contributed by atoms with Gasteiger partial charge in [-0.2, -0.15) is 4.31 Å². The number of amides is 1. The number of piperidine rings is 1. The third kappa shape index (κ3) is 4.22. The molecule has 9 heteroatoms. The Kier molecular flexibility index (Phi) is 5.90. The molecule has 0 bridgehead atoms. The fourth-order valence-electron chi connectivity index (χ4n) is 2.72. The zero-order chi connectivity index (χ0) is 18.6. The third-order valence-corrected chi connectivity index (χ3v) is 6.71. The molecule has 0 radical (unpaired) electrons. The zero-order valence-electron chi connectivity index (χ0n) is 14.4. The van der Waals surface area contributed by atoms with Crippen LogP contribution in [0.15, 0.2) is 46.3 Å². The second kappa shape index (κ2) is 8.15. The highest BCUT2D eigenvalue weighted by Gasteiger charge is 2.25. The van der Waals surface area contributed by atoms with Crippen LogP contribution in [0.4, 0.5) is 5.82 Å². The van der Waals surface area contributed by atoms with Crippen molar-refractivity contribution in [2.75, 3.05) is 24.7 Å². The molecule has 1 aromatic carbocycles. The normalized spacial score (nSPS) is 15.6.